The average Bonchev–Trinajstić information content (AvgIpc) is 3.18. The van der Waals surface area contributed by atoms with E-state index < -0.39 is 57.5 Å². The van der Waals surface area contributed by atoms with E-state index in [0.29, 0.717) is 31.6 Å². The van der Waals surface area contributed by atoms with Gasteiger partial charge in [-0.15, -0.1) is 0 Å². The Kier molecular flexibility index (Phi) is 18.9. The predicted molar refractivity (Wildman–Crippen MR) is 208 cm³/mol. The maximum absolute atomic E-state index is 13.7. The normalized spacial score (nSPS) is 17.2. The molecule has 5 amide bonds. The molecule has 0 saturated carbocycles. The van der Waals surface area contributed by atoms with Crippen molar-refractivity contribution in [2.24, 2.45) is 22.9 Å². The van der Waals surface area contributed by atoms with Gasteiger partial charge in [-0.3, -0.25) is 39.2 Å². The Balaban J connectivity index is 0.00000900. The van der Waals surface area contributed by atoms with Crippen molar-refractivity contribution in [1.29, 1.82) is 0 Å². The van der Waals surface area contributed by atoms with E-state index >= 15 is 0 Å². The van der Waals surface area contributed by atoms with Crippen LogP contribution >= 0.6 is 0 Å². The van der Waals surface area contributed by atoms with Gasteiger partial charge in [0.2, 0.25) is 23.6 Å². The van der Waals surface area contributed by atoms with Crippen molar-refractivity contribution in [2.75, 3.05) is 31.7 Å². The zero-order valence-corrected chi connectivity index (χ0v) is 34.6. The number of carbonyl (C=O) groups is 5. The van der Waals surface area contributed by atoms with Crippen molar-refractivity contribution >= 4 is 51.7 Å². The van der Waals surface area contributed by atoms with Crippen LogP contribution in [0.5, 0.6) is 5.75 Å². The molecule has 18 nitrogen and oxygen atoms in total. The number of ether oxygens (including phenoxy) is 1. The second kappa shape index (κ2) is 23.2. The van der Waals surface area contributed by atoms with Crippen molar-refractivity contribution < 1.29 is 67.0 Å². The number of pyridine rings is 1. The summed E-state index contributed by atoms with van der Waals surface area (Å²) in [7, 11) is -4.43. The second-order valence-corrected chi connectivity index (χ2v) is 15.1. The molecule has 20 heteroatoms. The van der Waals surface area contributed by atoms with Crippen molar-refractivity contribution in [3.05, 3.63) is 83.6 Å². The molecule has 2 bridgehead atoms. The number of rotatable bonds is 15. The number of fused-ring (bicyclic) bond motifs is 11. The van der Waals surface area contributed by atoms with Crippen molar-refractivity contribution in [2.45, 2.75) is 56.9 Å². The van der Waals surface area contributed by atoms with Gasteiger partial charge in [0.15, 0.2) is 0 Å². The quantitative estimate of drug-likeness (QED) is 0.0357. The second-order valence-electron chi connectivity index (χ2n) is 13.7. The molecule has 0 spiro atoms. The number of nitrogens with zero attached hydrogens (tertiary/aromatic N) is 2. The molecule has 58 heavy (non-hydrogen) atoms. The molecular formula is C38H48N8O10STc. The molecule has 8 N–H and O–H groups in total. The van der Waals surface area contributed by atoms with E-state index in [2.05, 4.69) is 36.8 Å². The van der Waals surface area contributed by atoms with Gasteiger partial charge in [-0.05, 0) is 67.5 Å². The fraction of sp³-hybridized carbons (Fsp3) is 0.395. The smallest absolute Gasteiger partial charge is 0.295 e. The third kappa shape index (κ3) is 14.9. The first-order chi connectivity index (χ1) is 27.2. The van der Waals surface area contributed by atoms with E-state index in [4.69, 9.17) is 4.74 Å². The van der Waals surface area contributed by atoms with Crippen molar-refractivity contribution in [1.82, 2.24) is 31.7 Å². The number of hydrogen-bond donors (Lipinski definition) is 8. The predicted octanol–water partition coefficient (Wildman–Crippen LogP) is 1.81. The summed E-state index contributed by atoms with van der Waals surface area (Å²) in [5.74, 6) is -3.53. The number of benzene rings is 2. The number of aromatic nitrogens is 1. The summed E-state index contributed by atoms with van der Waals surface area (Å²) in [5, 5.41) is 24.2. The Morgan fingerprint density at radius 2 is 1.72 bits per heavy atom. The van der Waals surface area contributed by atoms with Gasteiger partial charge in [-0.2, -0.15) is 13.5 Å². The summed E-state index contributed by atoms with van der Waals surface area (Å²) in [6, 6.07) is 14.7. The van der Waals surface area contributed by atoms with Crippen LogP contribution in [0.25, 0.3) is 0 Å². The molecule has 3 heterocycles. The van der Waals surface area contributed by atoms with Crippen molar-refractivity contribution in [3.8, 4) is 5.75 Å². The van der Waals surface area contributed by atoms with E-state index in [-0.39, 0.29) is 80.3 Å². The van der Waals surface area contributed by atoms with Crippen LogP contribution in [0.4, 0.5) is 5.82 Å². The number of hydrogen-bond acceptors (Lipinski definition) is 12. The summed E-state index contributed by atoms with van der Waals surface area (Å²) in [4.78, 5) is 68.8. The summed E-state index contributed by atoms with van der Waals surface area (Å²) in [6.07, 6.45) is 4.02. The third-order valence-electron chi connectivity index (χ3n) is 8.91. The first-order valence-electron chi connectivity index (χ1n) is 18.4. The van der Waals surface area contributed by atoms with Crippen LogP contribution in [0.1, 0.15) is 61.0 Å². The summed E-state index contributed by atoms with van der Waals surface area (Å²) >= 11 is 0. The molecule has 0 unspecified atom stereocenters. The van der Waals surface area contributed by atoms with Gasteiger partial charge in [-0.25, -0.2) is 10.5 Å². The molecule has 2 aliphatic rings. The van der Waals surface area contributed by atoms with Gasteiger partial charge in [0.05, 0.1) is 30.8 Å². The van der Waals surface area contributed by atoms with Crippen LogP contribution in [0, 0.1) is 17.8 Å². The molecule has 2 aliphatic heterocycles. The average molecular weight is 908 g/mol. The maximum atomic E-state index is 13.7. The Bertz CT molecular complexity index is 2000. The number of carbonyl (C=O) groups excluding carboxylic acids is 5. The SMILES string of the molecule is CC(C)C[C@H]1C(=O)N[C@H](C(=O)NCC(=O)NCCCNC(=O)c2ccc(N/N=C/c3ccccc3S(=O)(=O)O)nc2)Cc2ccc(cc2)OCCC[C@@H]1C(=O)NO.[99Tc]. The summed E-state index contributed by atoms with van der Waals surface area (Å²) in [5.41, 5.74) is 5.44. The number of amides is 5. The molecular weight excluding hydrogens is 859 g/mol. The minimum atomic E-state index is -4.43. The van der Waals surface area contributed by atoms with E-state index in [0.717, 1.165) is 5.56 Å². The number of hydrazone groups is 1. The van der Waals surface area contributed by atoms with Crippen LogP contribution in [-0.2, 0) is 55.8 Å². The Morgan fingerprint density at radius 3 is 2.40 bits per heavy atom. The van der Waals surface area contributed by atoms with E-state index in [1.165, 1.54) is 42.7 Å². The monoisotopic (exact) mass is 907 g/mol. The molecule has 0 saturated heterocycles. The fourth-order valence-corrected chi connectivity index (χ4v) is 6.73. The number of nitrogens with one attached hydrogen (secondary N) is 6. The molecule has 1 radical (unpaired) electrons. The molecule has 3 atom stereocenters. The topological polar surface area (TPSA) is 267 Å². The molecule has 0 fully saturated rings. The standard InChI is InChI=1S/C38H48N8O10S.Tc/c1-24(2)19-30-29(37(50)46-52)8-5-18-56-28-13-10-25(11-14-28)20-31(44-36(30)49)38(51)42-23-34(47)39-16-6-17-40-35(48)27-12-15-33(41-21-27)45-43-22-26-7-3-4-9-32(26)57(53,54)55;/h3-4,7,9-15,21-22,24,29-31,52H,5-6,8,16-20,23H2,1-2H3,(H,39,47)(H,40,48)(H,41,45)(H,42,51)(H,44,49)(H,46,50)(H,53,54,55);/b43-22+;/t29-,30+,31-;/m0./s1/i;1+1. The molecule has 3 aromatic rings. The third-order valence-corrected chi connectivity index (χ3v) is 9.84. The van der Waals surface area contributed by atoms with Gasteiger partial charge in [-0.1, -0.05) is 44.2 Å². The van der Waals surface area contributed by atoms with Crippen LogP contribution in [0.2, 0.25) is 0 Å². The maximum Gasteiger partial charge on any atom is 0.295 e. The van der Waals surface area contributed by atoms with Gasteiger partial charge < -0.3 is 26.0 Å². The zero-order chi connectivity index (χ0) is 41.4. The first-order valence-corrected chi connectivity index (χ1v) is 19.8. The van der Waals surface area contributed by atoms with Crippen LogP contribution in [-0.4, -0.2) is 91.2 Å². The van der Waals surface area contributed by atoms with Gasteiger partial charge in [0.1, 0.15) is 22.5 Å². The van der Waals surface area contributed by atoms with Crippen LogP contribution in [0.3, 0.4) is 0 Å². The number of anilines is 1. The fourth-order valence-electron chi connectivity index (χ4n) is 6.06. The largest absolute Gasteiger partial charge is 0.494 e. The molecule has 5 rings (SSSR count). The molecule has 313 valence electrons. The van der Waals surface area contributed by atoms with E-state index in [9.17, 15) is 42.2 Å². The molecule has 0 aliphatic carbocycles. The Labute approximate surface area is 349 Å². The van der Waals surface area contributed by atoms with Crippen molar-refractivity contribution in [3.63, 3.8) is 0 Å². The van der Waals surface area contributed by atoms with Gasteiger partial charge in [0, 0.05) is 57.3 Å². The molecule has 1 aromatic heterocycles. The Morgan fingerprint density at radius 1 is 1.00 bits per heavy atom. The zero-order valence-electron chi connectivity index (χ0n) is 31.9. The summed E-state index contributed by atoms with van der Waals surface area (Å²) < 4.78 is 38.2. The van der Waals surface area contributed by atoms with Gasteiger partial charge >= 0.3 is 0 Å². The minimum absolute atomic E-state index is 0. The Hall–Kier alpha value is -5.27. The number of hydroxylamine groups is 1. The summed E-state index contributed by atoms with van der Waals surface area (Å²) in [6.45, 7) is 4.15. The van der Waals surface area contributed by atoms with E-state index in [1.807, 2.05) is 13.8 Å². The van der Waals surface area contributed by atoms with Gasteiger partial charge in [0.25, 0.3) is 16.0 Å². The van der Waals surface area contributed by atoms with Crippen LogP contribution < -0.4 is 36.9 Å². The minimum Gasteiger partial charge on any atom is -0.494 e. The molecule has 2 aromatic carbocycles. The van der Waals surface area contributed by atoms with Crippen LogP contribution in [0.15, 0.2) is 76.9 Å². The van der Waals surface area contributed by atoms with E-state index in [1.54, 1.807) is 35.8 Å². The first kappa shape index (κ1) is 47.1.